The van der Waals surface area contributed by atoms with Crippen molar-refractivity contribution in [2.75, 3.05) is 39.2 Å². The third-order valence-electron chi connectivity index (χ3n) is 5.97. The van der Waals surface area contributed by atoms with Gasteiger partial charge in [0.25, 0.3) is 11.8 Å². The molecule has 2 heterocycles. The van der Waals surface area contributed by atoms with Crippen LogP contribution in [0, 0.1) is 12.8 Å². The summed E-state index contributed by atoms with van der Waals surface area (Å²) in [6.07, 6.45) is -0.273. The fourth-order valence-electron chi connectivity index (χ4n) is 3.96. The molecule has 0 saturated heterocycles. The number of carbonyl (C=O) groups is 3. The van der Waals surface area contributed by atoms with Crippen LogP contribution in [0.3, 0.4) is 0 Å². The molecule has 0 spiro atoms. The number of carbonyl (C=O) groups excluding carboxylic acids is 3. The molecule has 3 amide bonds. The predicted molar refractivity (Wildman–Crippen MR) is 125 cm³/mol. The van der Waals surface area contributed by atoms with E-state index in [0.717, 1.165) is 0 Å². The SMILES string of the molecule is CO[C@@H]1CN(C)C(=O)c2cc(NC(=O)c3cc(C)on3)ccc2OC[C@@H](C)N(C(C)=O)C[C@@H]1C. The van der Waals surface area contributed by atoms with E-state index in [4.69, 9.17) is 14.0 Å². The Bertz CT molecular complexity index is 1050. The summed E-state index contributed by atoms with van der Waals surface area (Å²) in [6.45, 7) is 8.15. The largest absolute Gasteiger partial charge is 0.491 e. The maximum Gasteiger partial charge on any atom is 0.277 e. The molecule has 0 aliphatic carbocycles. The van der Waals surface area contributed by atoms with Crippen molar-refractivity contribution in [3.8, 4) is 5.75 Å². The van der Waals surface area contributed by atoms with Crippen LogP contribution in [0.5, 0.6) is 5.75 Å². The lowest BCUT2D eigenvalue weighted by Gasteiger charge is -2.35. The number of likely N-dealkylation sites (N-methyl/N-ethyl adjacent to an activating group) is 1. The third-order valence-corrected chi connectivity index (χ3v) is 5.97. The Morgan fingerprint density at radius 1 is 1.21 bits per heavy atom. The van der Waals surface area contributed by atoms with E-state index in [1.54, 1.807) is 49.1 Å². The van der Waals surface area contributed by atoms with Crippen molar-refractivity contribution in [3.05, 3.63) is 41.3 Å². The minimum atomic E-state index is -0.453. The van der Waals surface area contributed by atoms with Gasteiger partial charge in [-0.05, 0) is 32.0 Å². The monoisotopic (exact) mass is 472 g/mol. The number of amides is 3. The molecule has 184 valence electrons. The zero-order valence-electron chi connectivity index (χ0n) is 20.5. The molecule has 0 unspecified atom stereocenters. The number of hydrogen-bond acceptors (Lipinski definition) is 7. The van der Waals surface area contributed by atoms with Crippen molar-refractivity contribution in [1.29, 1.82) is 0 Å². The first-order valence-electron chi connectivity index (χ1n) is 11.2. The van der Waals surface area contributed by atoms with Crippen molar-refractivity contribution < 1.29 is 28.4 Å². The summed E-state index contributed by atoms with van der Waals surface area (Å²) in [4.78, 5) is 41.5. The highest BCUT2D eigenvalue weighted by Crippen LogP contribution is 2.27. The van der Waals surface area contributed by atoms with Crippen LogP contribution in [0.15, 0.2) is 28.8 Å². The molecule has 1 aliphatic heterocycles. The average molecular weight is 473 g/mol. The van der Waals surface area contributed by atoms with Crippen LogP contribution in [0.25, 0.3) is 0 Å². The third kappa shape index (κ3) is 5.74. The van der Waals surface area contributed by atoms with Gasteiger partial charge < -0.3 is 29.1 Å². The van der Waals surface area contributed by atoms with E-state index in [9.17, 15) is 14.4 Å². The van der Waals surface area contributed by atoms with Gasteiger partial charge in [0.1, 0.15) is 18.1 Å². The minimum Gasteiger partial charge on any atom is -0.491 e. The highest BCUT2D eigenvalue weighted by atomic mass is 16.5. The quantitative estimate of drug-likeness (QED) is 0.730. The number of anilines is 1. The number of ether oxygens (including phenoxy) is 2. The van der Waals surface area contributed by atoms with Crippen molar-refractivity contribution in [3.63, 3.8) is 0 Å². The van der Waals surface area contributed by atoms with Crippen LogP contribution in [0.2, 0.25) is 0 Å². The number of fused-ring (bicyclic) bond motifs is 1. The average Bonchev–Trinajstić information content (AvgIpc) is 3.24. The molecule has 0 saturated carbocycles. The summed E-state index contributed by atoms with van der Waals surface area (Å²) >= 11 is 0. The molecule has 0 fully saturated rings. The molecule has 10 nitrogen and oxygen atoms in total. The lowest BCUT2D eigenvalue weighted by atomic mass is 10.0. The van der Waals surface area contributed by atoms with E-state index in [1.165, 1.54) is 13.0 Å². The van der Waals surface area contributed by atoms with E-state index >= 15 is 0 Å². The van der Waals surface area contributed by atoms with Gasteiger partial charge in [-0.25, -0.2) is 0 Å². The molecule has 1 aromatic carbocycles. The van der Waals surface area contributed by atoms with E-state index in [-0.39, 0.29) is 42.2 Å². The van der Waals surface area contributed by atoms with Gasteiger partial charge >= 0.3 is 0 Å². The summed E-state index contributed by atoms with van der Waals surface area (Å²) in [5.74, 6) is 0.0937. The summed E-state index contributed by atoms with van der Waals surface area (Å²) < 4.78 is 16.6. The molecule has 1 aliphatic rings. The van der Waals surface area contributed by atoms with E-state index in [2.05, 4.69) is 10.5 Å². The van der Waals surface area contributed by atoms with Crippen LogP contribution >= 0.6 is 0 Å². The number of methoxy groups -OCH3 is 1. The first kappa shape index (κ1) is 25.2. The highest BCUT2D eigenvalue weighted by Gasteiger charge is 2.29. The second kappa shape index (κ2) is 10.7. The van der Waals surface area contributed by atoms with E-state index in [1.807, 2.05) is 13.8 Å². The van der Waals surface area contributed by atoms with Crippen LogP contribution in [0.1, 0.15) is 47.4 Å². The number of aromatic nitrogens is 1. The van der Waals surface area contributed by atoms with Crippen molar-refractivity contribution in [2.45, 2.75) is 39.8 Å². The first-order valence-corrected chi connectivity index (χ1v) is 11.2. The van der Waals surface area contributed by atoms with Gasteiger partial charge in [-0.1, -0.05) is 12.1 Å². The van der Waals surface area contributed by atoms with E-state index in [0.29, 0.717) is 35.9 Å². The zero-order valence-corrected chi connectivity index (χ0v) is 20.5. The van der Waals surface area contributed by atoms with Gasteiger partial charge in [-0.15, -0.1) is 0 Å². The Morgan fingerprint density at radius 2 is 1.94 bits per heavy atom. The van der Waals surface area contributed by atoms with Crippen molar-refractivity contribution in [2.24, 2.45) is 5.92 Å². The zero-order chi connectivity index (χ0) is 25.0. The number of nitrogens with zero attached hydrogens (tertiary/aromatic N) is 3. The normalized spacial score (nSPS) is 21.7. The Morgan fingerprint density at radius 3 is 2.56 bits per heavy atom. The summed E-state index contributed by atoms with van der Waals surface area (Å²) in [7, 11) is 3.29. The van der Waals surface area contributed by atoms with Gasteiger partial charge in [0.05, 0.1) is 17.7 Å². The van der Waals surface area contributed by atoms with Crippen molar-refractivity contribution >= 4 is 23.4 Å². The van der Waals surface area contributed by atoms with Gasteiger partial charge in [0, 0.05) is 51.8 Å². The van der Waals surface area contributed by atoms with Crippen LogP contribution in [-0.4, -0.2) is 78.7 Å². The molecule has 0 radical (unpaired) electrons. The molecule has 10 heteroatoms. The first-order chi connectivity index (χ1) is 16.1. The molecule has 2 aromatic rings. The minimum absolute atomic E-state index is 0.0120. The molecule has 1 N–H and O–H groups in total. The lowest BCUT2D eigenvalue weighted by Crippen LogP contribution is -2.48. The fourth-order valence-corrected chi connectivity index (χ4v) is 3.96. The number of rotatable bonds is 3. The number of hydrogen-bond donors (Lipinski definition) is 1. The van der Waals surface area contributed by atoms with Crippen molar-refractivity contribution in [1.82, 2.24) is 15.0 Å². The van der Waals surface area contributed by atoms with Crippen LogP contribution in [0.4, 0.5) is 5.69 Å². The summed E-state index contributed by atoms with van der Waals surface area (Å²) in [5.41, 5.74) is 0.846. The Labute approximate surface area is 199 Å². The standard InChI is InChI=1S/C24H32N4O6/c1-14-11-28(17(4)29)15(2)13-33-21-8-7-18(25-23(30)20-9-16(3)34-26-20)10-19(21)24(31)27(5)12-22(14)32-6/h7-10,14-15,22H,11-13H2,1-6H3,(H,25,30)/t14-,15+,22+/m0/s1. The molecule has 3 atom stereocenters. The summed E-state index contributed by atoms with van der Waals surface area (Å²) in [5, 5.41) is 6.45. The molecular weight excluding hydrogens is 440 g/mol. The van der Waals surface area contributed by atoms with E-state index < -0.39 is 5.91 Å². The van der Waals surface area contributed by atoms with Gasteiger partial charge in [-0.3, -0.25) is 14.4 Å². The number of nitrogens with one attached hydrogen (secondary N) is 1. The van der Waals surface area contributed by atoms with Gasteiger partial charge in [0.15, 0.2) is 5.69 Å². The smallest absolute Gasteiger partial charge is 0.277 e. The molecule has 0 bridgehead atoms. The Balaban J connectivity index is 1.94. The number of aryl methyl sites for hydroxylation is 1. The molecular formula is C24H32N4O6. The lowest BCUT2D eigenvalue weighted by molar-refractivity contribution is -0.133. The molecule has 3 rings (SSSR count). The second-order valence-electron chi connectivity index (χ2n) is 8.76. The van der Waals surface area contributed by atoms with Crippen LogP contribution < -0.4 is 10.1 Å². The second-order valence-corrected chi connectivity index (χ2v) is 8.76. The topological polar surface area (TPSA) is 114 Å². The fraction of sp³-hybridized carbons (Fsp3) is 0.500. The maximum absolute atomic E-state index is 13.4. The number of benzene rings is 1. The maximum atomic E-state index is 13.4. The van der Waals surface area contributed by atoms with Crippen LogP contribution in [-0.2, 0) is 9.53 Å². The highest BCUT2D eigenvalue weighted by molar-refractivity contribution is 6.04. The van der Waals surface area contributed by atoms with Gasteiger partial charge in [-0.2, -0.15) is 0 Å². The summed E-state index contributed by atoms with van der Waals surface area (Å²) in [6, 6.07) is 6.17. The Hall–Kier alpha value is -3.40. The Kier molecular flexibility index (Phi) is 7.93. The molecule has 34 heavy (non-hydrogen) atoms. The predicted octanol–water partition coefficient (Wildman–Crippen LogP) is 2.59. The molecule has 1 aromatic heterocycles. The van der Waals surface area contributed by atoms with Gasteiger partial charge in [0.2, 0.25) is 5.91 Å².